The predicted molar refractivity (Wildman–Crippen MR) is 54.2 cm³/mol. The molecule has 0 aromatic carbocycles. The summed E-state index contributed by atoms with van der Waals surface area (Å²) in [4.78, 5) is 4.92. The first-order chi connectivity index (χ1) is 7.29. The number of aliphatic hydroxyl groups is 1. The van der Waals surface area contributed by atoms with Gasteiger partial charge in [0.05, 0.1) is 23.7 Å². The van der Waals surface area contributed by atoms with Gasteiger partial charge in [-0.1, -0.05) is 0 Å². The lowest BCUT2D eigenvalue weighted by Crippen LogP contribution is -2.30. The van der Waals surface area contributed by atoms with Crippen LogP contribution in [0, 0.1) is 0 Å². The maximum Gasteiger partial charge on any atom is 0.405 e. The maximum absolute atomic E-state index is 12.1. The first kappa shape index (κ1) is 12.8. The van der Waals surface area contributed by atoms with E-state index in [4.69, 9.17) is 0 Å². The Bertz CT molecular complexity index is 335. The third kappa shape index (κ3) is 3.69. The van der Waals surface area contributed by atoms with Crippen molar-refractivity contribution in [1.82, 2.24) is 4.98 Å². The minimum absolute atomic E-state index is 0.363. The van der Waals surface area contributed by atoms with Gasteiger partial charge in [-0.2, -0.15) is 13.2 Å². The van der Waals surface area contributed by atoms with Crippen LogP contribution < -0.4 is 4.90 Å². The Hall–Kier alpha value is -1.30. The van der Waals surface area contributed by atoms with Crippen LogP contribution in [0.1, 0.15) is 18.7 Å². The van der Waals surface area contributed by atoms with Gasteiger partial charge in [-0.3, -0.25) is 4.98 Å². The number of aromatic nitrogens is 1. The van der Waals surface area contributed by atoms with E-state index in [-0.39, 0.29) is 0 Å². The second kappa shape index (κ2) is 4.69. The first-order valence-corrected chi connectivity index (χ1v) is 4.71. The third-order valence-electron chi connectivity index (χ3n) is 2.06. The van der Waals surface area contributed by atoms with Crippen LogP contribution in [0.25, 0.3) is 0 Å². The van der Waals surface area contributed by atoms with E-state index in [1.165, 1.54) is 25.4 Å². The second-order valence-electron chi connectivity index (χ2n) is 3.59. The summed E-state index contributed by atoms with van der Waals surface area (Å²) < 4.78 is 36.3. The number of alkyl halides is 3. The average molecular weight is 234 g/mol. The summed E-state index contributed by atoms with van der Waals surface area (Å²) >= 11 is 0. The van der Waals surface area contributed by atoms with E-state index in [2.05, 4.69) is 4.98 Å². The fourth-order valence-corrected chi connectivity index (χ4v) is 1.23. The highest BCUT2D eigenvalue weighted by Gasteiger charge is 2.29. The summed E-state index contributed by atoms with van der Waals surface area (Å²) in [5.41, 5.74) is 0.797. The van der Waals surface area contributed by atoms with Crippen LogP contribution in [0.3, 0.4) is 0 Å². The lowest BCUT2D eigenvalue weighted by atomic mass is 10.2. The molecule has 1 heterocycles. The quantitative estimate of drug-likeness (QED) is 0.870. The highest BCUT2D eigenvalue weighted by Crippen LogP contribution is 2.21. The van der Waals surface area contributed by atoms with Gasteiger partial charge in [-0.05, 0) is 19.1 Å². The molecule has 0 aliphatic heterocycles. The van der Waals surface area contributed by atoms with Crippen molar-refractivity contribution in [2.75, 3.05) is 18.5 Å². The van der Waals surface area contributed by atoms with Crippen LogP contribution in [0.15, 0.2) is 18.3 Å². The molecule has 0 amide bonds. The molecule has 1 N–H and O–H groups in total. The number of anilines is 1. The van der Waals surface area contributed by atoms with E-state index in [9.17, 15) is 18.3 Å². The SMILES string of the molecule is C[C@@H](O)c1ccc(N(C)CC(F)(F)F)cn1. The van der Waals surface area contributed by atoms with Crippen molar-refractivity contribution in [2.24, 2.45) is 0 Å². The molecule has 1 aromatic rings. The van der Waals surface area contributed by atoms with Crippen molar-refractivity contribution in [3.05, 3.63) is 24.0 Å². The Kier molecular flexibility index (Phi) is 3.74. The number of pyridine rings is 1. The molecule has 6 heteroatoms. The molecule has 0 saturated carbocycles. The molecule has 16 heavy (non-hydrogen) atoms. The number of hydrogen-bond acceptors (Lipinski definition) is 3. The topological polar surface area (TPSA) is 36.4 Å². The molecule has 1 atom stereocenters. The number of halogens is 3. The number of hydrogen-bond donors (Lipinski definition) is 1. The third-order valence-corrected chi connectivity index (χ3v) is 2.06. The van der Waals surface area contributed by atoms with Crippen LogP contribution in [0.4, 0.5) is 18.9 Å². The van der Waals surface area contributed by atoms with Crippen molar-refractivity contribution in [3.8, 4) is 0 Å². The van der Waals surface area contributed by atoms with Crippen molar-refractivity contribution >= 4 is 5.69 Å². The highest BCUT2D eigenvalue weighted by atomic mass is 19.4. The number of rotatable bonds is 3. The van der Waals surface area contributed by atoms with Gasteiger partial charge < -0.3 is 10.0 Å². The predicted octanol–water partition coefficient (Wildman–Crippen LogP) is 2.13. The molecule has 3 nitrogen and oxygen atoms in total. The molecule has 0 fully saturated rings. The molecule has 0 spiro atoms. The lowest BCUT2D eigenvalue weighted by molar-refractivity contribution is -0.119. The van der Waals surface area contributed by atoms with Gasteiger partial charge in [0.2, 0.25) is 0 Å². The van der Waals surface area contributed by atoms with Crippen LogP contribution >= 0.6 is 0 Å². The molecular weight excluding hydrogens is 221 g/mol. The molecule has 0 aliphatic carbocycles. The van der Waals surface area contributed by atoms with Crippen molar-refractivity contribution in [2.45, 2.75) is 19.2 Å². The van der Waals surface area contributed by atoms with E-state index in [1.807, 2.05) is 0 Å². The molecule has 0 saturated heterocycles. The Morgan fingerprint density at radius 2 is 2.06 bits per heavy atom. The van der Waals surface area contributed by atoms with E-state index in [0.29, 0.717) is 11.4 Å². The molecule has 0 unspecified atom stereocenters. The Morgan fingerprint density at radius 1 is 1.44 bits per heavy atom. The zero-order chi connectivity index (χ0) is 12.3. The van der Waals surface area contributed by atoms with Gasteiger partial charge in [0.25, 0.3) is 0 Å². The van der Waals surface area contributed by atoms with Gasteiger partial charge in [0.15, 0.2) is 0 Å². The van der Waals surface area contributed by atoms with Crippen LogP contribution in [0.2, 0.25) is 0 Å². The zero-order valence-electron chi connectivity index (χ0n) is 8.99. The fraction of sp³-hybridized carbons (Fsp3) is 0.500. The second-order valence-corrected chi connectivity index (χ2v) is 3.59. The molecule has 0 aliphatic rings. The number of aliphatic hydroxyl groups excluding tert-OH is 1. The van der Waals surface area contributed by atoms with E-state index in [1.54, 1.807) is 6.92 Å². The van der Waals surface area contributed by atoms with Gasteiger partial charge in [0.1, 0.15) is 6.54 Å². The summed E-state index contributed by atoms with van der Waals surface area (Å²) in [7, 11) is 1.34. The summed E-state index contributed by atoms with van der Waals surface area (Å²) in [5.74, 6) is 0. The molecule has 90 valence electrons. The minimum Gasteiger partial charge on any atom is -0.387 e. The zero-order valence-corrected chi connectivity index (χ0v) is 8.99. The standard InChI is InChI=1S/C10H13F3N2O/c1-7(16)9-4-3-8(5-14-9)15(2)6-10(11,12)13/h3-5,7,16H,6H2,1-2H3/t7-/m1/s1. The van der Waals surface area contributed by atoms with Crippen molar-refractivity contribution < 1.29 is 18.3 Å². The summed E-state index contributed by atoms with van der Waals surface area (Å²) in [5, 5.41) is 9.18. The number of nitrogens with zero attached hydrogens (tertiary/aromatic N) is 2. The smallest absolute Gasteiger partial charge is 0.387 e. The monoisotopic (exact) mass is 234 g/mol. The van der Waals surface area contributed by atoms with Crippen LogP contribution in [0.5, 0.6) is 0 Å². The van der Waals surface area contributed by atoms with Gasteiger partial charge in [-0.25, -0.2) is 0 Å². The summed E-state index contributed by atoms with van der Waals surface area (Å²) in [6, 6.07) is 3.01. The summed E-state index contributed by atoms with van der Waals surface area (Å²) in [6.45, 7) is 0.518. The van der Waals surface area contributed by atoms with E-state index < -0.39 is 18.8 Å². The normalized spacial score (nSPS) is 13.6. The Labute approximate surface area is 91.5 Å². The average Bonchev–Trinajstić information content (AvgIpc) is 2.15. The maximum atomic E-state index is 12.1. The van der Waals surface area contributed by atoms with Crippen molar-refractivity contribution in [3.63, 3.8) is 0 Å². The lowest BCUT2D eigenvalue weighted by Gasteiger charge is -2.20. The fourth-order valence-electron chi connectivity index (χ4n) is 1.23. The first-order valence-electron chi connectivity index (χ1n) is 4.71. The molecule has 1 aromatic heterocycles. The Balaban J connectivity index is 2.74. The summed E-state index contributed by atoms with van der Waals surface area (Å²) in [6.07, 6.45) is -3.65. The molecular formula is C10H13F3N2O. The molecule has 0 bridgehead atoms. The van der Waals surface area contributed by atoms with Gasteiger partial charge in [0, 0.05) is 7.05 Å². The highest BCUT2D eigenvalue weighted by molar-refractivity contribution is 5.43. The largest absolute Gasteiger partial charge is 0.405 e. The Morgan fingerprint density at radius 3 is 2.44 bits per heavy atom. The minimum atomic E-state index is -4.24. The van der Waals surface area contributed by atoms with Gasteiger partial charge in [-0.15, -0.1) is 0 Å². The van der Waals surface area contributed by atoms with E-state index in [0.717, 1.165) is 4.90 Å². The van der Waals surface area contributed by atoms with Crippen LogP contribution in [-0.4, -0.2) is 29.9 Å². The van der Waals surface area contributed by atoms with E-state index >= 15 is 0 Å². The molecule has 1 rings (SSSR count). The van der Waals surface area contributed by atoms with Gasteiger partial charge >= 0.3 is 6.18 Å². The van der Waals surface area contributed by atoms with Crippen molar-refractivity contribution in [1.29, 1.82) is 0 Å². The van der Waals surface area contributed by atoms with Crippen LogP contribution in [-0.2, 0) is 0 Å². The molecule has 0 radical (unpaired) electrons.